The Morgan fingerprint density at radius 2 is 1.92 bits per heavy atom. The number of rotatable bonds is 5. The molecule has 0 N–H and O–H groups in total. The number of anilines is 1. The molecule has 1 aliphatic rings. The Morgan fingerprint density at radius 3 is 2.62 bits per heavy atom. The molecule has 1 fully saturated rings. The van der Waals surface area contributed by atoms with Gasteiger partial charge in [0.15, 0.2) is 0 Å². The molecular weight excluding hydrogens is 302 g/mol. The van der Waals surface area contributed by atoms with Crippen molar-refractivity contribution in [1.82, 2.24) is 9.55 Å². The molecule has 0 spiro atoms. The van der Waals surface area contributed by atoms with E-state index in [1.54, 1.807) is 17.7 Å². The van der Waals surface area contributed by atoms with Crippen molar-refractivity contribution in [3.8, 4) is 0 Å². The highest BCUT2D eigenvalue weighted by atomic mass is 16.5. The number of methoxy groups -OCH3 is 1. The lowest BCUT2D eigenvalue weighted by molar-refractivity contribution is 0.181. The Morgan fingerprint density at radius 1 is 1.17 bits per heavy atom. The first-order valence-corrected chi connectivity index (χ1v) is 8.49. The normalized spacial score (nSPS) is 14.4. The average Bonchev–Trinajstić information content (AvgIpc) is 3.07. The van der Waals surface area contributed by atoms with Gasteiger partial charge in [-0.1, -0.05) is 23.8 Å². The van der Waals surface area contributed by atoms with Crippen LogP contribution in [0, 0.1) is 13.8 Å². The Bertz CT molecular complexity index is 777. The standard InChI is InChI=1S/C19H25N3O2/c1-14-6-7-15(2)16(10-14)12-22-18(23)11-17(13-24-3)20-19(22)21-8-4-5-9-21/h6-7,10-11H,4-5,8-9,12-13H2,1-3H3. The van der Waals surface area contributed by atoms with Crippen molar-refractivity contribution < 1.29 is 4.74 Å². The minimum atomic E-state index is -0.0140. The van der Waals surface area contributed by atoms with Gasteiger partial charge in [0.1, 0.15) is 0 Å². The van der Waals surface area contributed by atoms with Crippen molar-refractivity contribution in [3.05, 3.63) is 57.0 Å². The maximum atomic E-state index is 12.7. The molecule has 1 saturated heterocycles. The fourth-order valence-electron chi connectivity index (χ4n) is 3.21. The van der Waals surface area contributed by atoms with Crippen LogP contribution in [-0.4, -0.2) is 29.8 Å². The van der Waals surface area contributed by atoms with E-state index in [0.717, 1.165) is 31.9 Å². The van der Waals surface area contributed by atoms with Crippen LogP contribution in [0.5, 0.6) is 0 Å². The summed E-state index contributed by atoms with van der Waals surface area (Å²) in [5.74, 6) is 0.771. The SMILES string of the molecule is COCc1cc(=O)n(Cc2cc(C)ccc2C)c(N2CCCC2)n1. The molecule has 24 heavy (non-hydrogen) atoms. The summed E-state index contributed by atoms with van der Waals surface area (Å²) in [6.07, 6.45) is 2.29. The fourth-order valence-corrected chi connectivity index (χ4v) is 3.21. The van der Waals surface area contributed by atoms with Gasteiger partial charge in [-0.3, -0.25) is 9.36 Å². The quantitative estimate of drug-likeness (QED) is 0.847. The highest BCUT2D eigenvalue weighted by molar-refractivity contribution is 5.37. The third-order valence-electron chi connectivity index (χ3n) is 4.56. The van der Waals surface area contributed by atoms with Crippen LogP contribution >= 0.6 is 0 Å². The molecule has 2 heterocycles. The summed E-state index contributed by atoms with van der Waals surface area (Å²) in [6.45, 7) is 6.99. The van der Waals surface area contributed by atoms with E-state index in [2.05, 4.69) is 36.9 Å². The molecule has 0 atom stereocenters. The predicted octanol–water partition coefficient (Wildman–Crippen LogP) is 2.66. The van der Waals surface area contributed by atoms with Crippen LogP contribution in [0.3, 0.4) is 0 Å². The highest BCUT2D eigenvalue weighted by Gasteiger charge is 2.19. The van der Waals surface area contributed by atoms with Gasteiger partial charge in [-0.05, 0) is 37.8 Å². The zero-order valence-corrected chi connectivity index (χ0v) is 14.7. The second-order valence-electron chi connectivity index (χ2n) is 6.53. The molecule has 2 aromatic rings. The largest absolute Gasteiger partial charge is 0.378 e. The number of hydrogen-bond donors (Lipinski definition) is 0. The smallest absolute Gasteiger partial charge is 0.255 e. The molecule has 0 amide bonds. The molecule has 128 valence electrons. The molecule has 0 aliphatic carbocycles. The van der Waals surface area contributed by atoms with Crippen molar-refractivity contribution in [1.29, 1.82) is 0 Å². The predicted molar refractivity (Wildman–Crippen MR) is 95.7 cm³/mol. The topological polar surface area (TPSA) is 47.4 Å². The molecule has 5 heteroatoms. The summed E-state index contributed by atoms with van der Waals surface area (Å²) in [7, 11) is 1.62. The molecule has 1 aromatic heterocycles. The van der Waals surface area contributed by atoms with Crippen molar-refractivity contribution >= 4 is 5.95 Å². The monoisotopic (exact) mass is 327 g/mol. The lowest BCUT2D eigenvalue weighted by atomic mass is 10.1. The van der Waals surface area contributed by atoms with Crippen molar-refractivity contribution in [3.63, 3.8) is 0 Å². The van der Waals surface area contributed by atoms with E-state index in [9.17, 15) is 4.79 Å². The van der Waals surface area contributed by atoms with Gasteiger partial charge < -0.3 is 9.64 Å². The molecule has 5 nitrogen and oxygen atoms in total. The number of benzene rings is 1. The summed E-state index contributed by atoms with van der Waals surface area (Å²) in [4.78, 5) is 19.7. The fraction of sp³-hybridized carbons (Fsp3) is 0.474. The van der Waals surface area contributed by atoms with Crippen molar-refractivity contribution in [2.45, 2.75) is 39.8 Å². The third kappa shape index (κ3) is 3.51. The second-order valence-corrected chi connectivity index (χ2v) is 6.53. The zero-order chi connectivity index (χ0) is 17.1. The molecule has 0 saturated carbocycles. The van der Waals surface area contributed by atoms with Crippen LogP contribution in [0.4, 0.5) is 5.95 Å². The lowest BCUT2D eigenvalue weighted by Gasteiger charge is -2.22. The Hall–Kier alpha value is -2.14. The third-order valence-corrected chi connectivity index (χ3v) is 4.56. The van der Waals surface area contributed by atoms with Gasteiger partial charge in [-0.25, -0.2) is 4.98 Å². The molecule has 3 rings (SSSR count). The van der Waals surface area contributed by atoms with Crippen LogP contribution in [0.2, 0.25) is 0 Å². The van der Waals surface area contributed by atoms with Crippen LogP contribution < -0.4 is 10.5 Å². The maximum absolute atomic E-state index is 12.7. The Labute approximate surface area is 142 Å². The maximum Gasteiger partial charge on any atom is 0.255 e. The van der Waals surface area contributed by atoms with Gasteiger partial charge in [-0.2, -0.15) is 0 Å². The molecule has 1 aliphatic heterocycles. The summed E-state index contributed by atoms with van der Waals surface area (Å²) in [6, 6.07) is 7.95. The minimum Gasteiger partial charge on any atom is -0.378 e. The van der Waals surface area contributed by atoms with E-state index >= 15 is 0 Å². The number of ether oxygens (including phenoxy) is 1. The van der Waals surface area contributed by atoms with E-state index < -0.39 is 0 Å². The Balaban J connectivity index is 2.04. The first-order chi connectivity index (χ1) is 11.6. The molecule has 0 unspecified atom stereocenters. The molecular formula is C19H25N3O2. The number of hydrogen-bond acceptors (Lipinski definition) is 4. The first kappa shape index (κ1) is 16.7. The molecule has 0 bridgehead atoms. The number of aromatic nitrogens is 2. The van der Waals surface area contributed by atoms with Gasteiger partial charge >= 0.3 is 0 Å². The number of nitrogens with zero attached hydrogens (tertiary/aromatic N) is 3. The van der Waals surface area contributed by atoms with E-state index in [4.69, 9.17) is 9.72 Å². The van der Waals surface area contributed by atoms with Crippen molar-refractivity contribution in [2.75, 3.05) is 25.1 Å². The second kappa shape index (κ2) is 7.18. The van der Waals surface area contributed by atoms with Gasteiger partial charge in [0.25, 0.3) is 5.56 Å². The van der Waals surface area contributed by atoms with E-state index in [1.165, 1.54) is 16.7 Å². The average molecular weight is 327 g/mol. The van der Waals surface area contributed by atoms with Crippen LogP contribution in [0.25, 0.3) is 0 Å². The lowest BCUT2D eigenvalue weighted by Crippen LogP contribution is -2.32. The van der Waals surface area contributed by atoms with Crippen LogP contribution in [-0.2, 0) is 17.9 Å². The minimum absolute atomic E-state index is 0.0140. The van der Waals surface area contributed by atoms with E-state index in [1.807, 2.05) is 0 Å². The number of aryl methyl sites for hydroxylation is 2. The molecule has 1 aromatic carbocycles. The highest BCUT2D eigenvalue weighted by Crippen LogP contribution is 2.20. The summed E-state index contributed by atoms with van der Waals surface area (Å²) in [5, 5.41) is 0. The van der Waals surface area contributed by atoms with Crippen LogP contribution in [0.15, 0.2) is 29.1 Å². The van der Waals surface area contributed by atoms with Gasteiger partial charge in [0.2, 0.25) is 5.95 Å². The summed E-state index contributed by atoms with van der Waals surface area (Å²) < 4.78 is 6.96. The Kier molecular flexibility index (Phi) is 5.00. The first-order valence-electron chi connectivity index (χ1n) is 8.49. The van der Waals surface area contributed by atoms with E-state index in [0.29, 0.717) is 18.8 Å². The van der Waals surface area contributed by atoms with Gasteiger partial charge in [-0.15, -0.1) is 0 Å². The zero-order valence-electron chi connectivity index (χ0n) is 14.7. The molecule has 0 radical (unpaired) electrons. The van der Waals surface area contributed by atoms with Gasteiger partial charge in [0.05, 0.1) is 18.8 Å². The summed E-state index contributed by atoms with van der Waals surface area (Å²) in [5.41, 5.74) is 4.25. The van der Waals surface area contributed by atoms with Crippen molar-refractivity contribution in [2.24, 2.45) is 0 Å². The van der Waals surface area contributed by atoms with E-state index in [-0.39, 0.29) is 5.56 Å². The van der Waals surface area contributed by atoms with Gasteiger partial charge in [0, 0.05) is 26.3 Å². The van der Waals surface area contributed by atoms with Crippen LogP contribution in [0.1, 0.15) is 35.2 Å². The summed E-state index contributed by atoms with van der Waals surface area (Å²) >= 11 is 0.